The van der Waals surface area contributed by atoms with Crippen molar-refractivity contribution < 1.29 is 9.53 Å². The average Bonchev–Trinajstić information content (AvgIpc) is 3.13. The molecule has 29 heavy (non-hydrogen) atoms. The molecule has 1 aromatic heterocycles. The first kappa shape index (κ1) is 21.6. The first-order chi connectivity index (χ1) is 14.0. The second-order valence-electron chi connectivity index (χ2n) is 6.72. The molecule has 0 aliphatic carbocycles. The molecule has 0 unspecified atom stereocenters. The summed E-state index contributed by atoms with van der Waals surface area (Å²) in [6.45, 7) is 5.96. The summed E-state index contributed by atoms with van der Waals surface area (Å²) in [7, 11) is 4.02. The number of carbonyl (C=O) groups excluding carboxylic acids is 1. The fourth-order valence-corrected chi connectivity index (χ4v) is 4.76. The Morgan fingerprint density at radius 1 is 1.10 bits per heavy atom. The second kappa shape index (κ2) is 10.1. The lowest BCUT2D eigenvalue weighted by Crippen LogP contribution is -2.37. The molecule has 1 amide bonds. The third kappa shape index (κ3) is 5.10. The summed E-state index contributed by atoms with van der Waals surface area (Å²) in [5.41, 5.74) is 1.54. The molecule has 0 saturated carbocycles. The Morgan fingerprint density at radius 2 is 1.90 bits per heavy atom. The number of ether oxygens (including phenoxy) is 1. The molecule has 154 valence electrons. The summed E-state index contributed by atoms with van der Waals surface area (Å²) < 4.78 is 6.75. The summed E-state index contributed by atoms with van der Waals surface area (Å²) >= 11 is 3.21. The molecule has 0 fully saturated rings. The third-order valence-electron chi connectivity index (χ3n) is 4.33. The highest BCUT2D eigenvalue weighted by Crippen LogP contribution is 2.35. The van der Waals surface area contributed by atoms with Gasteiger partial charge in [0.2, 0.25) is 0 Å². The summed E-state index contributed by atoms with van der Waals surface area (Å²) in [6.07, 6.45) is 0. The Balaban J connectivity index is 2.03. The maximum Gasteiger partial charge on any atom is 0.261 e. The van der Waals surface area contributed by atoms with E-state index in [9.17, 15) is 4.79 Å². The van der Waals surface area contributed by atoms with Crippen LogP contribution in [0.2, 0.25) is 0 Å². The van der Waals surface area contributed by atoms with Crippen LogP contribution in [0.5, 0.6) is 5.75 Å². The zero-order valence-electron chi connectivity index (χ0n) is 17.3. The molecule has 0 aliphatic heterocycles. The van der Waals surface area contributed by atoms with Gasteiger partial charge in [-0.1, -0.05) is 36.5 Å². The van der Waals surface area contributed by atoms with Gasteiger partial charge >= 0.3 is 0 Å². The number of hydrogen-bond acceptors (Lipinski definition) is 6. The largest absolute Gasteiger partial charge is 0.492 e. The minimum Gasteiger partial charge on any atom is -0.492 e. The van der Waals surface area contributed by atoms with Crippen molar-refractivity contribution in [1.29, 1.82) is 0 Å². The lowest BCUT2D eigenvalue weighted by atomic mass is 10.2. The van der Waals surface area contributed by atoms with Crippen molar-refractivity contribution in [3.63, 3.8) is 0 Å². The minimum absolute atomic E-state index is 0.0135. The lowest BCUT2D eigenvalue weighted by molar-refractivity contribution is 0.0982. The van der Waals surface area contributed by atoms with Crippen molar-refractivity contribution in [2.24, 2.45) is 0 Å². The third-order valence-corrected chi connectivity index (χ3v) is 6.33. The summed E-state index contributed by atoms with van der Waals surface area (Å²) in [5, 5.41) is 0.704. The molecular formula is C22H27N3O2S2. The molecule has 2 aromatic carbocycles. The van der Waals surface area contributed by atoms with Gasteiger partial charge in [0.15, 0.2) is 5.13 Å². The van der Waals surface area contributed by atoms with E-state index in [0.717, 1.165) is 38.7 Å². The molecule has 0 radical (unpaired) electrons. The van der Waals surface area contributed by atoms with E-state index in [4.69, 9.17) is 9.72 Å². The van der Waals surface area contributed by atoms with Crippen molar-refractivity contribution in [2.75, 3.05) is 44.4 Å². The number of benzene rings is 2. The molecule has 0 saturated heterocycles. The van der Waals surface area contributed by atoms with Crippen LogP contribution in [0.4, 0.5) is 5.13 Å². The maximum atomic E-state index is 13.6. The number of para-hydroxylation sites is 1. The van der Waals surface area contributed by atoms with E-state index < -0.39 is 0 Å². The van der Waals surface area contributed by atoms with Gasteiger partial charge in [-0.3, -0.25) is 9.69 Å². The van der Waals surface area contributed by atoms with E-state index in [-0.39, 0.29) is 5.91 Å². The van der Waals surface area contributed by atoms with Crippen molar-refractivity contribution in [3.05, 3.63) is 48.0 Å². The number of thiazole rings is 1. The number of carbonyl (C=O) groups is 1. The van der Waals surface area contributed by atoms with Crippen LogP contribution in [-0.2, 0) is 0 Å². The SMILES string of the molecule is CCOc1cccc2sc(N(CCN(C)C)C(=O)c3ccccc3SCC)nc12. The van der Waals surface area contributed by atoms with Gasteiger partial charge < -0.3 is 9.64 Å². The van der Waals surface area contributed by atoms with E-state index in [1.165, 1.54) is 11.3 Å². The van der Waals surface area contributed by atoms with Gasteiger partial charge in [0, 0.05) is 18.0 Å². The lowest BCUT2D eigenvalue weighted by Gasteiger charge is -2.23. The Hall–Kier alpha value is -2.09. The predicted molar refractivity (Wildman–Crippen MR) is 124 cm³/mol. The van der Waals surface area contributed by atoms with Gasteiger partial charge in [0.05, 0.1) is 16.9 Å². The standard InChI is InChI=1S/C22H27N3O2S2/c1-5-27-17-11-9-13-19-20(17)23-22(29-19)25(15-14-24(3)4)21(26)16-10-7-8-12-18(16)28-6-2/h7-13H,5-6,14-15H2,1-4H3. The summed E-state index contributed by atoms with van der Waals surface area (Å²) in [6, 6.07) is 13.7. The van der Waals surface area contributed by atoms with Gasteiger partial charge in [-0.25, -0.2) is 4.98 Å². The van der Waals surface area contributed by atoms with E-state index in [1.807, 2.05) is 63.5 Å². The monoisotopic (exact) mass is 429 g/mol. The number of anilines is 1. The average molecular weight is 430 g/mol. The number of nitrogens with zero attached hydrogens (tertiary/aromatic N) is 3. The molecule has 0 atom stereocenters. The second-order valence-corrected chi connectivity index (χ2v) is 9.04. The first-order valence-electron chi connectivity index (χ1n) is 9.75. The van der Waals surface area contributed by atoms with Crippen LogP contribution in [0.3, 0.4) is 0 Å². The molecule has 7 heteroatoms. The van der Waals surface area contributed by atoms with Crippen LogP contribution < -0.4 is 9.64 Å². The zero-order valence-corrected chi connectivity index (χ0v) is 19.0. The van der Waals surface area contributed by atoms with Gasteiger partial charge in [0.1, 0.15) is 11.3 Å². The highest BCUT2D eigenvalue weighted by Gasteiger charge is 2.24. The van der Waals surface area contributed by atoms with Gasteiger partial charge in [-0.15, -0.1) is 11.8 Å². The van der Waals surface area contributed by atoms with Crippen molar-refractivity contribution >= 4 is 44.4 Å². The van der Waals surface area contributed by atoms with Crippen LogP contribution in [0, 0.1) is 0 Å². The summed E-state index contributed by atoms with van der Waals surface area (Å²) in [4.78, 5) is 23.3. The van der Waals surface area contributed by atoms with E-state index >= 15 is 0 Å². The molecular weight excluding hydrogens is 402 g/mol. The number of amides is 1. The van der Waals surface area contributed by atoms with E-state index in [2.05, 4.69) is 11.8 Å². The van der Waals surface area contributed by atoms with Crippen LogP contribution >= 0.6 is 23.1 Å². The van der Waals surface area contributed by atoms with Crippen LogP contribution in [0.15, 0.2) is 47.4 Å². The Bertz CT molecular complexity index is 972. The molecule has 0 spiro atoms. The molecule has 0 aliphatic rings. The fraction of sp³-hybridized carbons (Fsp3) is 0.364. The number of likely N-dealkylation sites (N-methyl/N-ethyl adjacent to an activating group) is 1. The molecule has 1 heterocycles. The number of rotatable bonds is 9. The Morgan fingerprint density at radius 3 is 2.62 bits per heavy atom. The van der Waals surface area contributed by atoms with Crippen LogP contribution in [-0.4, -0.2) is 55.3 Å². The first-order valence-corrected chi connectivity index (χ1v) is 11.6. The van der Waals surface area contributed by atoms with Crippen molar-refractivity contribution in [2.45, 2.75) is 18.7 Å². The quantitative estimate of drug-likeness (QED) is 0.447. The van der Waals surface area contributed by atoms with Crippen LogP contribution in [0.25, 0.3) is 10.2 Å². The highest BCUT2D eigenvalue weighted by molar-refractivity contribution is 7.99. The highest BCUT2D eigenvalue weighted by atomic mass is 32.2. The smallest absolute Gasteiger partial charge is 0.261 e. The number of hydrogen-bond donors (Lipinski definition) is 0. The normalized spacial score (nSPS) is 11.2. The molecule has 5 nitrogen and oxygen atoms in total. The van der Waals surface area contributed by atoms with Gasteiger partial charge in [-0.2, -0.15) is 0 Å². The molecule has 0 bridgehead atoms. The number of fused-ring (bicyclic) bond motifs is 1. The van der Waals surface area contributed by atoms with E-state index in [0.29, 0.717) is 18.3 Å². The van der Waals surface area contributed by atoms with Crippen LogP contribution in [0.1, 0.15) is 24.2 Å². The van der Waals surface area contributed by atoms with Gasteiger partial charge in [0.25, 0.3) is 5.91 Å². The number of aromatic nitrogens is 1. The maximum absolute atomic E-state index is 13.6. The van der Waals surface area contributed by atoms with Crippen molar-refractivity contribution in [3.8, 4) is 5.75 Å². The van der Waals surface area contributed by atoms with Gasteiger partial charge in [-0.05, 0) is 51.0 Å². The zero-order chi connectivity index (χ0) is 20.8. The number of thioether (sulfide) groups is 1. The molecule has 3 aromatic rings. The Labute approximate surface area is 180 Å². The minimum atomic E-state index is -0.0135. The Kier molecular flexibility index (Phi) is 7.52. The van der Waals surface area contributed by atoms with E-state index in [1.54, 1.807) is 16.7 Å². The van der Waals surface area contributed by atoms with Crippen molar-refractivity contribution in [1.82, 2.24) is 9.88 Å². The predicted octanol–water partition coefficient (Wildman–Crippen LogP) is 5.02. The summed E-state index contributed by atoms with van der Waals surface area (Å²) in [5.74, 6) is 1.66. The topological polar surface area (TPSA) is 45.7 Å². The molecule has 3 rings (SSSR count). The molecule has 0 N–H and O–H groups in total. The fourth-order valence-electron chi connectivity index (χ4n) is 2.95.